The second-order valence-electron chi connectivity index (χ2n) is 5.56. The fourth-order valence-corrected chi connectivity index (χ4v) is 3.67. The lowest BCUT2D eigenvalue weighted by Gasteiger charge is -2.29. The lowest BCUT2D eigenvalue weighted by molar-refractivity contribution is 0.145. The number of nitrogens with zero attached hydrogens (tertiary/aromatic N) is 2. The lowest BCUT2D eigenvalue weighted by Crippen LogP contribution is -2.35. The zero-order valence-electron chi connectivity index (χ0n) is 11.5. The quantitative estimate of drug-likeness (QED) is 0.913. The van der Waals surface area contributed by atoms with E-state index in [0.29, 0.717) is 5.92 Å². The molecule has 0 aliphatic carbocycles. The van der Waals surface area contributed by atoms with E-state index in [0.717, 1.165) is 36.6 Å². The predicted molar refractivity (Wildman–Crippen MR) is 81.2 cm³/mol. The Morgan fingerprint density at radius 1 is 1.32 bits per heavy atom. The summed E-state index contributed by atoms with van der Waals surface area (Å²) < 4.78 is 1.27. The van der Waals surface area contributed by atoms with Gasteiger partial charge in [0, 0.05) is 13.1 Å². The van der Waals surface area contributed by atoms with Crippen LogP contribution in [-0.2, 0) is 0 Å². The number of piperidine rings is 1. The molecule has 4 heteroatoms. The number of rotatable bonds is 2. The molecule has 3 rings (SSSR count). The van der Waals surface area contributed by atoms with Gasteiger partial charge in [0.1, 0.15) is 0 Å². The molecule has 1 N–H and O–H groups in total. The molecule has 0 radical (unpaired) electrons. The number of aromatic nitrogens is 1. The van der Waals surface area contributed by atoms with Crippen molar-refractivity contribution in [1.82, 2.24) is 4.98 Å². The summed E-state index contributed by atoms with van der Waals surface area (Å²) in [5.41, 5.74) is 2.49. The second-order valence-corrected chi connectivity index (χ2v) is 6.57. The van der Waals surface area contributed by atoms with E-state index in [9.17, 15) is 5.11 Å². The van der Waals surface area contributed by atoms with Crippen molar-refractivity contribution in [3.05, 3.63) is 23.8 Å². The van der Waals surface area contributed by atoms with Crippen LogP contribution < -0.4 is 4.90 Å². The monoisotopic (exact) mass is 276 g/mol. The van der Waals surface area contributed by atoms with E-state index >= 15 is 0 Å². The number of hydrogen-bond acceptors (Lipinski definition) is 4. The number of fused-ring (bicyclic) bond motifs is 1. The number of para-hydroxylation sites is 1. The van der Waals surface area contributed by atoms with E-state index in [4.69, 9.17) is 4.98 Å². The molecule has 0 atom stereocenters. The highest BCUT2D eigenvalue weighted by Gasteiger charge is 2.20. The van der Waals surface area contributed by atoms with Gasteiger partial charge in [-0.15, -0.1) is 0 Å². The van der Waals surface area contributed by atoms with Crippen LogP contribution in [0.25, 0.3) is 10.2 Å². The normalized spacial score (nSPS) is 17.6. The summed E-state index contributed by atoms with van der Waals surface area (Å²) in [7, 11) is 0. The highest BCUT2D eigenvalue weighted by molar-refractivity contribution is 7.22. The van der Waals surface area contributed by atoms with Crippen LogP contribution in [0.2, 0.25) is 0 Å². The Labute approximate surface area is 117 Å². The Hall–Kier alpha value is -1.13. The molecule has 0 amide bonds. The molecule has 3 nitrogen and oxygen atoms in total. The first-order valence-corrected chi connectivity index (χ1v) is 7.79. The molecule has 19 heavy (non-hydrogen) atoms. The van der Waals surface area contributed by atoms with E-state index in [1.54, 1.807) is 11.3 Å². The molecule has 2 heterocycles. The Bertz CT molecular complexity index is 571. The van der Waals surface area contributed by atoms with Gasteiger partial charge in [0.25, 0.3) is 0 Å². The Balaban J connectivity index is 1.95. The van der Waals surface area contributed by atoms with Gasteiger partial charge in [-0.05, 0) is 30.4 Å². The summed E-state index contributed by atoms with van der Waals surface area (Å²) >= 11 is 1.77. The van der Waals surface area contributed by atoms with E-state index in [-0.39, 0.29) is 6.10 Å². The van der Waals surface area contributed by atoms with Crippen molar-refractivity contribution in [2.75, 3.05) is 18.0 Å². The number of thiazole rings is 1. The van der Waals surface area contributed by atoms with Crippen molar-refractivity contribution in [3.63, 3.8) is 0 Å². The molecule has 1 aliphatic heterocycles. The first-order chi connectivity index (χ1) is 9.15. The fourth-order valence-electron chi connectivity index (χ4n) is 2.62. The summed E-state index contributed by atoms with van der Waals surface area (Å²) in [6.07, 6.45) is 1.58. The molecule has 2 aromatic rings. The highest BCUT2D eigenvalue weighted by Crippen LogP contribution is 2.34. The third-order valence-electron chi connectivity index (χ3n) is 3.80. The summed E-state index contributed by atoms with van der Waals surface area (Å²) in [5, 5.41) is 10.7. The van der Waals surface area contributed by atoms with E-state index in [1.165, 1.54) is 10.3 Å². The van der Waals surface area contributed by atoms with Gasteiger partial charge in [-0.25, -0.2) is 4.98 Å². The van der Waals surface area contributed by atoms with Gasteiger partial charge in [-0.3, -0.25) is 0 Å². The third kappa shape index (κ3) is 2.47. The van der Waals surface area contributed by atoms with Crippen LogP contribution in [0.15, 0.2) is 18.2 Å². The lowest BCUT2D eigenvalue weighted by atomic mass is 10.0. The van der Waals surface area contributed by atoms with E-state index in [1.807, 2.05) is 0 Å². The molecule has 1 aliphatic rings. The predicted octanol–water partition coefficient (Wildman–Crippen LogP) is 3.38. The van der Waals surface area contributed by atoms with Crippen molar-refractivity contribution in [1.29, 1.82) is 0 Å². The Morgan fingerprint density at radius 2 is 2.05 bits per heavy atom. The van der Waals surface area contributed by atoms with Crippen molar-refractivity contribution >= 4 is 26.7 Å². The second kappa shape index (κ2) is 5.10. The van der Waals surface area contributed by atoms with Crippen molar-refractivity contribution in [2.45, 2.75) is 38.7 Å². The van der Waals surface area contributed by atoms with Crippen LogP contribution in [0, 0.1) is 0 Å². The van der Waals surface area contributed by atoms with E-state index < -0.39 is 0 Å². The molecule has 102 valence electrons. The maximum Gasteiger partial charge on any atom is 0.186 e. The standard InChI is InChI=1S/C15H20N2OS/c1-10(2)12-4-3-5-13-14(12)16-15(19-13)17-8-6-11(18)7-9-17/h3-5,10-11,18H,6-9H2,1-2H3. The minimum absolute atomic E-state index is 0.128. The molecular weight excluding hydrogens is 256 g/mol. The minimum Gasteiger partial charge on any atom is -0.393 e. The molecule has 1 aromatic heterocycles. The number of aliphatic hydroxyl groups excluding tert-OH is 1. The smallest absolute Gasteiger partial charge is 0.186 e. The molecule has 0 saturated carbocycles. The maximum atomic E-state index is 9.59. The first kappa shape index (κ1) is 12.9. The van der Waals surface area contributed by atoms with Crippen LogP contribution in [0.4, 0.5) is 5.13 Å². The minimum atomic E-state index is -0.128. The zero-order chi connectivity index (χ0) is 13.4. The maximum absolute atomic E-state index is 9.59. The van der Waals surface area contributed by atoms with Crippen LogP contribution in [0.3, 0.4) is 0 Å². The van der Waals surface area contributed by atoms with Crippen molar-refractivity contribution in [3.8, 4) is 0 Å². The topological polar surface area (TPSA) is 36.4 Å². The van der Waals surface area contributed by atoms with Gasteiger partial charge >= 0.3 is 0 Å². The van der Waals surface area contributed by atoms with Gasteiger partial charge in [-0.1, -0.05) is 37.3 Å². The summed E-state index contributed by atoms with van der Waals surface area (Å²) in [6, 6.07) is 6.46. The molecular formula is C15H20N2OS. The largest absolute Gasteiger partial charge is 0.393 e. The summed E-state index contributed by atoms with van der Waals surface area (Å²) in [4.78, 5) is 7.15. The van der Waals surface area contributed by atoms with Crippen LogP contribution in [0.1, 0.15) is 38.2 Å². The van der Waals surface area contributed by atoms with Crippen molar-refractivity contribution < 1.29 is 5.11 Å². The molecule has 1 fully saturated rings. The average molecular weight is 276 g/mol. The number of aliphatic hydroxyl groups is 1. The van der Waals surface area contributed by atoms with Crippen LogP contribution in [0.5, 0.6) is 0 Å². The van der Waals surface area contributed by atoms with E-state index in [2.05, 4.69) is 36.9 Å². The van der Waals surface area contributed by atoms with Gasteiger partial charge in [0.15, 0.2) is 5.13 Å². The summed E-state index contributed by atoms with van der Waals surface area (Å²) in [5.74, 6) is 0.502. The van der Waals surface area contributed by atoms with Gasteiger partial charge in [0.2, 0.25) is 0 Å². The summed E-state index contributed by atoms with van der Waals surface area (Å²) in [6.45, 7) is 6.26. The molecule has 1 aromatic carbocycles. The number of anilines is 1. The molecule has 0 spiro atoms. The van der Waals surface area contributed by atoms with Crippen LogP contribution >= 0.6 is 11.3 Å². The zero-order valence-corrected chi connectivity index (χ0v) is 12.3. The Kier molecular flexibility index (Phi) is 3.46. The number of benzene rings is 1. The third-order valence-corrected chi connectivity index (χ3v) is 4.88. The van der Waals surface area contributed by atoms with Gasteiger partial charge < -0.3 is 10.0 Å². The fraction of sp³-hybridized carbons (Fsp3) is 0.533. The molecule has 0 bridgehead atoms. The average Bonchev–Trinajstić information content (AvgIpc) is 2.82. The van der Waals surface area contributed by atoms with Gasteiger partial charge in [0.05, 0.1) is 16.3 Å². The van der Waals surface area contributed by atoms with Gasteiger partial charge in [-0.2, -0.15) is 0 Å². The van der Waals surface area contributed by atoms with Crippen LogP contribution in [-0.4, -0.2) is 29.3 Å². The Morgan fingerprint density at radius 3 is 2.74 bits per heavy atom. The number of hydrogen-bond donors (Lipinski definition) is 1. The SMILES string of the molecule is CC(C)c1cccc2sc(N3CCC(O)CC3)nc12. The van der Waals surface area contributed by atoms with Crippen molar-refractivity contribution in [2.24, 2.45) is 0 Å². The molecule has 1 saturated heterocycles. The molecule has 0 unspecified atom stereocenters. The first-order valence-electron chi connectivity index (χ1n) is 6.97. The highest BCUT2D eigenvalue weighted by atomic mass is 32.1.